The molecule has 0 N–H and O–H groups in total. The van der Waals surface area contributed by atoms with E-state index in [1.165, 1.54) is 24.0 Å². The maximum atomic E-state index is 6.17. The van der Waals surface area contributed by atoms with Crippen LogP contribution >= 0.6 is 23.2 Å². The van der Waals surface area contributed by atoms with Crippen molar-refractivity contribution < 1.29 is 28.5 Å². The second-order valence-electron chi connectivity index (χ2n) is 8.76. The van der Waals surface area contributed by atoms with Crippen molar-refractivity contribution in [1.29, 1.82) is 0 Å². The molecule has 0 saturated carbocycles. The third-order valence-corrected chi connectivity index (χ3v) is 6.59. The molecule has 1 nitrogen and oxygen atoms in total. The van der Waals surface area contributed by atoms with Gasteiger partial charge in [-0.1, -0.05) is 60.8 Å². The minimum absolute atomic E-state index is 0. The van der Waals surface area contributed by atoms with Gasteiger partial charge >= 0.3 is 0 Å². The number of benzene rings is 1. The van der Waals surface area contributed by atoms with Crippen molar-refractivity contribution in [3.05, 3.63) is 57.6 Å². The highest BCUT2D eigenvalue weighted by atomic mass is 127. The molecule has 0 aromatic heterocycles. The first kappa shape index (κ1) is 24.0. The van der Waals surface area contributed by atoms with Gasteiger partial charge in [0, 0.05) is 11.5 Å². The van der Waals surface area contributed by atoms with Gasteiger partial charge in [-0.05, 0) is 50.3 Å². The first-order valence-electron chi connectivity index (χ1n) is 9.14. The molecule has 0 heterocycles. The smallest absolute Gasteiger partial charge is 0.105 e. The molecule has 146 valence electrons. The molecule has 2 unspecified atom stereocenters. The summed E-state index contributed by atoms with van der Waals surface area (Å²) in [5, 5.41) is 1.25. The number of allylic oxidation sites excluding steroid dienone is 3. The third-order valence-electron chi connectivity index (χ3n) is 5.85. The fraction of sp³-hybridized carbons (Fsp3) is 0.545. The van der Waals surface area contributed by atoms with Gasteiger partial charge in [-0.25, -0.2) is 0 Å². The zero-order chi connectivity index (χ0) is 18.8. The predicted octanol–water partition coefficient (Wildman–Crippen LogP) is 3.90. The van der Waals surface area contributed by atoms with Crippen LogP contribution in [0.1, 0.15) is 46.1 Å². The van der Waals surface area contributed by atoms with E-state index in [9.17, 15) is 0 Å². The zero-order valence-corrected chi connectivity index (χ0v) is 20.5. The Labute approximate surface area is 187 Å². The van der Waals surface area contributed by atoms with Crippen LogP contribution in [-0.2, 0) is 6.54 Å². The Morgan fingerprint density at radius 3 is 2.46 bits per heavy atom. The minimum atomic E-state index is 0. The molecule has 0 bridgehead atoms. The van der Waals surface area contributed by atoms with Gasteiger partial charge in [-0.15, -0.1) is 0 Å². The fourth-order valence-corrected chi connectivity index (χ4v) is 4.06. The Morgan fingerprint density at radius 1 is 1.23 bits per heavy atom. The van der Waals surface area contributed by atoms with Gasteiger partial charge in [0.15, 0.2) is 0 Å². The van der Waals surface area contributed by atoms with Crippen LogP contribution in [0.4, 0.5) is 0 Å². The zero-order valence-electron chi connectivity index (χ0n) is 16.8. The minimum Gasteiger partial charge on any atom is -1.00 e. The third kappa shape index (κ3) is 5.98. The van der Waals surface area contributed by atoms with Crippen LogP contribution in [0.2, 0.25) is 10.0 Å². The van der Waals surface area contributed by atoms with Gasteiger partial charge in [-0.3, -0.25) is 0 Å². The number of hydrogen-bond donors (Lipinski definition) is 0. The highest BCUT2D eigenvalue weighted by molar-refractivity contribution is 6.42. The summed E-state index contributed by atoms with van der Waals surface area (Å²) in [4.78, 5) is 0. The van der Waals surface area contributed by atoms with Gasteiger partial charge in [0.2, 0.25) is 0 Å². The first-order valence-corrected chi connectivity index (χ1v) is 9.90. The van der Waals surface area contributed by atoms with Crippen LogP contribution in [-0.4, -0.2) is 24.6 Å². The molecule has 1 aromatic carbocycles. The summed E-state index contributed by atoms with van der Waals surface area (Å²) >= 11 is 12.2. The van der Waals surface area contributed by atoms with Crippen LogP contribution in [0.3, 0.4) is 0 Å². The second kappa shape index (κ2) is 9.45. The van der Waals surface area contributed by atoms with Crippen molar-refractivity contribution in [3.63, 3.8) is 0 Å². The number of hydrogen-bond acceptors (Lipinski definition) is 0. The molecule has 2 atom stereocenters. The number of likely N-dealkylation sites (N-methyl/N-ethyl adjacent to an activating group) is 1. The number of nitrogens with zero attached hydrogens (tertiary/aromatic N) is 1. The Morgan fingerprint density at radius 2 is 1.88 bits per heavy atom. The molecule has 0 radical (unpaired) electrons. The van der Waals surface area contributed by atoms with E-state index in [0.29, 0.717) is 27.4 Å². The summed E-state index contributed by atoms with van der Waals surface area (Å²) in [6.45, 7) is 10.3. The highest BCUT2D eigenvalue weighted by Crippen LogP contribution is 2.41. The van der Waals surface area contributed by atoms with Crippen molar-refractivity contribution in [2.24, 2.45) is 11.3 Å². The Kier molecular flexibility index (Phi) is 8.72. The average molecular weight is 508 g/mol. The summed E-state index contributed by atoms with van der Waals surface area (Å²) in [5.41, 5.74) is 3.07. The largest absolute Gasteiger partial charge is 1.00 e. The molecule has 1 aliphatic rings. The molecule has 0 saturated heterocycles. The molecule has 0 spiro atoms. The lowest BCUT2D eigenvalue weighted by molar-refractivity contribution is -0.919. The maximum absolute atomic E-state index is 6.17. The highest BCUT2D eigenvalue weighted by Gasteiger charge is 2.31. The van der Waals surface area contributed by atoms with Crippen molar-refractivity contribution in [2.45, 2.75) is 53.1 Å². The number of quaternary nitrogens is 1. The van der Waals surface area contributed by atoms with Crippen molar-refractivity contribution in [3.8, 4) is 0 Å². The summed E-state index contributed by atoms with van der Waals surface area (Å²) in [5.74, 6) is 0.536. The predicted molar refractivity (Wildman–Crippen MR) is 111 cm³/mol. The van der Waals surface area contributed by atoms with E-state index in [-0.39, 0.29) is 24.0 Å². The standard InChI is InChI=1S/C22H32Cl2N.HI/c1-16-8-7-13-22(3,4)19(16)11-9-17(2)25(5,6)15-18-10-12-20(23)21(24)14-18;/h8-12,14,17,19H,7,13,15H2,1-6H3;1H/q+1;/p-1. The van der Waals surface area contributed by atoms with Gasteiger partial charge in [-0.2, -0.15) is 0 Å². The Hall–Kier alpha value is -0.0300. The molecule has 1 aromatic rings. The van der Waals surface area contributed by atoms with Crippen LogP contribution in [0.25, 0.3) is 0 Å². The summed E-state index contributed by atoms with van der Waals surface area (Å²) in [6.07, 6.45) is 9.70. The Balaban J connectivity index is 0.00000338. The van der Waals surface area contributed by atoms with E-state index in [0.717, 1.165) is 11.0 Å². The number of rotatable bonds is 5. The number of halogens is 3. The molecular weight excluding hydrogens is 476 g/mol. The van der Waals surface area contributed by atoms with Crippen LogP contribution in [0, 0.1) is 11.3 Å². The average Bonchev–Trinajstić information content (AvgIpc) is 2.49. The van der Waals surface area contributed by atoms with Crippen molar-refractivity contribution in [2.75, 3.05) is 14.1 Å². The molecular formula is C22H32Cl2IN. The van der Waals surface area contributed by atoms with E-state index in [4.69, 9.17) is 23.2 Å². The molecule has 4 heteroatoms. The summed E-state index contributed by atoms with van der Waals surface area (Å²) in [7, 11) is 4.54. The molecule has 0 fully saturated rings. The normalized spacial score (nSPS) is 21.2. The molecule has 1 aliphatic carbocycles. The molecule has 0 aliphatic heterocycles. The van der Waals surface area contributed by atoms with Gasteiger partial charge in [0.05, 0.1) is 24.1 Å². The van der Waals surface area contributed by atoms with Gasteiger partial charge < -0.3 is 28.5 Å². The van der Waals surface area contributed by atoms with Gasteiger partial charge in [0.25, 0.3) is 0 Å². The second-order valence-corrected chi connectivity index (χ2v) is 9.58. The molecule has 2 rings (SSSR count). The molecule has 0 amide bonds. The van der Waals surface area contributed by atoms with Crippen molar-refractivity contribution in [1.82, 2.24) is 0 Å². The van der Waals surface area contributed by atoms with Crippen LogP contribution in [0.5, 0.6) is 0 Å². The quantitative estimate of drug-likeness (QED) is 0.322. The first-order chi connectivity index (χ1) is 11.5. The van der Waals surface area contributed by atoms with Crippen molar-refractivity contribution >= 4 is 23.2 Å². The van der Waals surface area contributed by atoms with E-state index < -0.39 is 0 Å². The maximum Gasteiger partial charge on any atom is 0.105 e. The van der Waals surface area contributed by atoms with Gasteiger partial charge in [0.1, 0.15) is 12.6 Å². The molecule has 26 heavy (non-hydrogen) atoms. The Bertz CT molecular complexity index is 677. The van der Waals surface area contributed by atoms with E-state index >= 15 is 0 Å². The lowest BCUT2D eigenvalue weighted by Gasteiger charge is -2.38. The SMILES string of the molecule is CC1=CCCC(C)(C)C1C=CC(C)[N+](C)(C)Cc1ccc(Cl)c(Cl)c1.[I-]. The summed E-state index contributed by atoms with van der Waals surface area (Å²) < 4.78 is 0.879. The summed E-state index contributed by atoms with van der Waals surface area (Å²) in [6, 6.07) is 6.36. The topological polar surface area (TPSA) is 0 Å². The van der Waals surface area contributed by atoms with Crippen LogP contribution < -0.4 is 24.0 Å². The van der Waals surface area contributed by atoms with E-state index in [1.807, 2.05) is 12.1 Å². The van der Waals surface area contributed by atoms with E-state index in [1.54, 1.807) is 0 Å². The fourth-order valence-electron chi connectivity index (χ4n) is 3.74. The lowest BCUT2D eigenvalue weighted by atomic mass is 9.68. The lowest BCUT2D eigenvalue weighted by Crippen LogP contribution is -3.00. The monoisotopic (exact) mass is 507 g/mol. The van der Waals surface area contributed by atoms with E-state index in [2.05, 4.69) is 66.1 Å². The van der Waals surface area contributed by atoms with Crippen LogP contribution in [0.15, 0.2) is 42.0 Å².